The highest BCUT2D eigenvalue weighted by atomic mass is 16.1. The minimum atomic E-state index is 0.0766. The van der Waals surface area contributed by atoms with Crippen LogP contribution in [0.15, 0.2) is 29.2 Å². The first-order valence-electron chi connectivity index (χ1n) is 8.06. The van der Waals surface area contributed by atoms with E-state index in [1.807, 2.05) is 12.3 Å². The monoisotopic (exact) mass is 272 g/mol. The normalized spacial score (nSPS) is 40.0. The Labute approximate surface area is 120 Å². The van der Waals surface area contributed by atoms with Gasteiger partial charge in [-0.05, 0) is 67.8 Å². The number of hydrogen-bond acceptors (Lipinski definition) is 2. The highest BCUT2D eigenvalue weighted by molar-refractivity contribution is 5.06. The number of hydrogen-bond donors (Lipinski definition) is 1. The Morgan fingerprint density at radius 1 is 1.15 bits per heavy atom. The van der Waals surface area contributed by atoms with E-state index in [1.54, 1.807) is 16.7 Å². The molecule has 1 aromatic heterocycles. The third kappa shape index (κ3) is 1.95. The van der Waals surface area contributed by atoms with Crippen LogP contribution in [0.1, 0.15) is 38.5 Å². The van der Waals surface area contributed by atoms with Crippen LogP contribution in [0, 0.1) is 23.2 Å². The smallest absolute Gasteiger partial charge is 0.250 e. The molecule has 108 valence electrons. The fourth-order valence-electron chi connectivity index (χ4n) is 5.65. The maximum atomic E-state index is 11.9. The molecule has 3 heteroatoms. The third-order valence-electron chi connectivity index (χ3n) is 6.16. The molecular formula is C17H24N2O. The van der Waals surface area contributed by atoms with E-state index in [1.165, 1.54) is 38.5 Å². The van der Waals surface area contributed by atoms with Crippen molar-refractivity contribution in [3.8, 4) is 0 Å². The summed E-state index contributed by atoms with van der Waals surface area (Å²) in [5.41, 5.74) is 7.01. The summed E-state index contributed by atoms with van der Waals surface area (Å²) in [4.78, 5) is 11.9. The molecule has 1 aromatic rings. The average Bonchev–Trinajstić information content (AvgIpc) is 2.40. The first-order chi connectivity index (χ1) is 9.64. The zero-order chi connectivity index (χ0) is 13.7. The minimum Gasteiger partial charge on any atom is -0.326 e. The standard InChI is InChI=1S/C17H24N2O/c18-15(11-19-4-2-1-3-16(19)20)17-8-12-5-13(9-17)7-14(6-12)10-17/h1-4,12-15H,5-11,18H2. The quantitative estimate of drug-likeness (QED) is 0.918. The van der Waals surface area contributed by atoms with Crippen LogP contribution in [0.5, 0.6) is 0 Å². The summed E-state index contributed by atoms with van der Waals surface area (Å²) in [5, 5.41) is 0. The Balaban J connectivity index is 1.58. The summed E-state index contributed by atoms with van der Waals surface area (Å²) in [6.07, 6.45) is 10.1. The maximum Gasteiger partial charge on any atom is 0.250 e. The average molecular weight is 272 g/mol. The van der Waals surface area contributed by atoms with Crippen LogP contribution >= 0.6 is 0 Å². The van der Waals surface area contributed by atoms with Crippen molar-refractivity contribution in [2.75, 3.05) is 0 Å². The third-order valence-corrected chi connectivity index (χ3v) is 6.16. The van der Waals surface area contributed by atoms with Crippen LogP contribution in [-0.4, -0.2) is 10.6 Å². The Morgan fingerprint density at radius 3 is 2.30 bits per heavy atom. The molecule has 1 heterocycles. The van der Waals surface area contributed by atoms with Gasteiger partial charge in [0, 0.05) is 24.8 Å². The Hall–Kier alpha value is -1.09. The summed E-state index contributed by atoms with van der Waals surface area (Å²) in [6.45, 7) is 0.686. The van der Waals surface area contributed by atoms with E-state index < -0.39 is 0 Å². The highest BCUT2D eigenvalue weighted by Crippen LogP contribution is 2.61. The van der Waals surface area contributed by atoms with E-state index >= 15 is 0 Å². The first-order valence-corrected chi connectivity index (χ1v) is 8.06. The largest absolute Gasteiger partial charge is 0.326 e. The molecule has 0 amide bonds. The van der Waals surface area contributed by atoms with Crippen molar-refractivity contribution in [3.63, 3.8) is 0 Å². The predicted molar refractivity (Wildman–Crippen MR) is 79.3 cm³/mol. The van der Waals surface area contributed by atoms with Gasteiger partial charge in [-0.1, -0.05) is 6.07 Å². The van der Waals surface area contributed by atoms with E-state index in [4.69, 9.17) is 5.73 Å². The maximum absolute atomic E-state index is 11.9. The fraction of sp³-hybridized carbons (Fsp3) is 0.706. The van der Waals surface area contributed by atoms with Crippen molar-refractivity contribution in [2.24, 2.45) is 28.9 Å². The van der Waals surface area contributed by atoms with Crippen LogP contribution < -0.4 is 11.3 Å². The van der Waals surface area contributed by atoms with Crippen LogP contribution in [0.3, 0.4) is 0 Å². The van der Waals surface area contributed by atoms with Crippen molar-refractivity contribution in [2.45, 2.75) is 51.1 Å². The van der Waals surface area contributed by atoms with Crippen LogP contribution in [-0.2, 0) is 6.54 Å². The lowest BCUT2D eigenvalue weighted by Gasteiger charge is -2.59. The van der Waals surface area contributed by atoms with Gasteiger partial charge in [0.2, 0.25) is 0 Å². The summed E-state index contributed by atoms with van der Waals surface area (Å²) < 4.78 is 1.79. The Kier molecular flexibility index (Phi) is 2.81. The molecule has 4 aliphatic rings. The zero-order valence-electron chi connectivity index (χ0n) is 12.0. The van der Waals surface area contributed by atoms with Crippen molar-refractivity contribution >= 4 is 0 Å². The molecule has 1 atom stereocenters. The molecule has 4 bridgehead atoms. The molecule has 0 aliphatic heterocycles. The second-order valence-electron chi connectivity index (χ2n) is 7.58. The van der Waals surface area contributed by atoms with Gasteiger partial charge in [0.25, 0.3) is 5.56 Å². The molecule has 4 fully saturated rings. The Bertz CT molecular complexity index is 527. The summed E-state index contributed by atoms with van der Waals surface area (Å²) in [5.74, 6) is 2.75. The molecule has 4 saturated carbocycles. The van der Waals surface area contributed by atoms with Crippen molar-refractivity contribution in [1.29, 1.82) is 0 Å². The number of nitrogens with zero attached hydrogens (tertiary/aromatic N) is 1. The molecule has 4 aliphatic carbocycles. The molecular weight excluding hydrogens is 248 g/mol. The lowest BCUT2D eigenvalue weighted by molar-refractivity contribution is -0.0695. The van der Waals surface area contributed by atoms with Crippen molar-refractivity contribution in [3.05, 3.63) is 34.7 Å². The van der Waals surface area contributed by atoms with Gasteiger partial charge in [-0.3, -0.25) is 4.79 Å². The molecule has 0 spiro atoms. The van der Waals surface area contributed by atoms with Gasteiger partial charge in [-0.25, -0.2) is 0 Å². The molecule has 0 radical (unpaired) electrons. The molecule has 0 saturated heterocycles. The highest BCUT2D eigenvalue weighted by Gasteiger charge is 2.53. The van der Waals surface area contributed by atoms with E-state index in [9.17, 15) is 4.79 Å². The van der Waals surface area contributed by atoms with Gasteiger partial charge in [-0.2, -0.15) is 0 Å². The first kappa shape index (κ1) is 12.6. The number of pyridine rings is 1. The molecule has 20 heavy (non-hydrogen) atoms. The molecule has 0 aromatic carbocycles. The van der Waals surface area contributed by atoms with Gasteiger partial charge in [0.1, 0.15) is 0 Å². The second-order valence-corrected chi connectivity index (χ2v) is 7.58. The lowest BCUT2D eigenvalue weighted by atomic mass is 9.48. The molecule has 1 unspecified atom stereocenters. The number of rotatable bonds is 3. The number of nitrogens with two attached hydrogens (primary N) is 1. The van der Waals surface area contributed by atoms with Gasteiger partial charge >= 0.3 is 0 Å². The Morgan fingerprint density at radius 2 is 1.75 bits per heavy atom. The van der Waals surface area contributed by atoms with Crippen LogP contribution in [0.25, 0.3) is 0 Å². The summed E-state index contributed by atoms with van der Waals surface area (Å²) >= 11 is 0. The topological polar surface area (TPSA) is 48.0 Å². The second kappa shape index (κ2) is 4.45. The zero-order valence-corrected chi connectivity index (χ0v) is 12.0. The fourth-order valence-corrected chi connectivity index (χ4v) is 5.65. The van der Waals surface area contributed by atoms with Gasteiger partial charge < -0.3 is 10.3 Å². The lowest BCUT2D eigenvalue weighted by Crippen LogP contribution is -2.56. The van der Waals surface area contributed by atoms with E-state index in [0.29, 0.717) is 12.0 Å². The van der Waals surface area contributed by atoms with Crippen molar-refractivity contribution < 1.29 is 0 Å². The molecule has 5 rings (SSSR count). The minimum absolute atomic E-state index is 0.0766. The molecule has 3 nitrogen and oxygen atoms in total. The van der Waals surface area contributed by atoms with Gasteiger partial charge in [0.05, 0.1) is 0 Å². The van der Waals surface area contributed by atoms with E-state index in [0.717, 1.165) is 17.8 Å². The summed E-state index contributed by atoms with van der Waals surface area (Å²) in [6, 6.07) is 5.49. The van der Waals surface area contributed by atoms with E-state index in [-0.39, 0.29) is 11.6 Å². The predicted octanol–water partition coefficient (Wildman–Crippen LogP) is 2.39. The van der Waals surface area contributed by atoms with Crippen molar-refractivity contribution in [1.82, 2.24) is 4.57 Å². The number of aromatic nitrogens is 1. The van der Waals surface area contributed by atoms with Gasteiger partial charge in [0.15, 0.2) is 0 Å². The van der Waals surface area contributed by atoms with E-state index in [2.05, 4.69) is 0 Å². The van der Waals surface area contributed by atoms with Gasteiger partial charge in [-0.15, -0.1) is 0 Å². The molecule has 2 N–H and O–H groups in total. The van der Waals surface area contributed by atoms with Crippen LogP contribution in [0.2, 0.25) is 0 Å². The van der Waals surface area contributed by atoms with Crippen LogP contribution in [0.4, 0.5) is 0 Å². The SMILES string of the molecule is NC(Cn1ccccc1=O)C12CC3CC(CC(C3)C1)C2. The summed E-state index contributed by atoms with van der Waals surface area (Å²) in [7, 11) is 0.